The average molecular weight is 396 g/mol. The lowest BCUT2D eigenvalue weighted by Gasteiger charge is -2.29. The molecule has 0 bridgehead atoms. The summed E-state index contributed by atoms with van der Waals surface area (Å²) in [6.07, 6.45) is 0.875. The highest BCUT2D eigenvalue weighted by molar-refractivity contribution is 6.24. The van der Waals surface area contributed by atoms with Crippen LogP contribution in [0.3, 0.4) is 0 Å². The summed E-state index contributed by atoms with van der Waals surface area (Å²) in [5, 5.41) is 14.9. The van der Waals surface area contributed by atoms with Crippen molar-refractivity contribution in [2.24, 2.45) is 5.92 Å². The SMILES string of the molecule is O=C1[C@H]2[C@H](C(=O)N1c1ccc([N+](=O)[O-])cc1)N1CCCN1[C@H]2c1ccc(F)cc1. The van der Waals surface area contributed by atoms with E-state index in [1.807, 2.05) is 10.0 Å². The molecule has 0 unspecified atom stereocenters. The number of benzene rings is 2. The molecule has 8 nitrogen and oxygen atoms in total. The number of hydrazine groups is 1. The van der Waals surface area contributed by atoms with E-state index in [1.165, 1.54) is 36.4 Å². The van der Waals surface area contributed by atoms with E-state index in [0.717, 1.165) is 23.4 Å². The van der Waals surface area contributed by atoms with E-state index < -0.39 is 16.9 Å². The Hall–Kier alpha value is -3.17. The number of non-ortho nitro benzene ring substituents is 1. The van der Waals surface area contributed by atoms with Gasteiger partial charge < -0.3 is 0 Å². The lowest BCUT2D eigenvalue weighted by molar-refractivity contribution is -0.384. The van der Waals surface area contributed by atoms with E-state index in [2.05, 4.69) is 0 Å². The Balaban J connectivity index is 1.54. The van der Waals surface area contributed by atoms with Crippen molar-refractivity contribution in [3.63, 3.8) is 0 Å². The van der Waals surface area contributed by atoms with Gasteiger partial charge in [-0.2, -0.15) is 0 Å². The Morgan fingerprint density at radius 1 is 0.897 bits per heavy atom. The van der Waals surface area contributed by atoms with E-state index in [-0.39, 0.29) is 29.4 Å². The zero-order valence-corrected chi connectivity index (χ0v) is 15.3. The summed E-state index contributed by atoms with van der Waals surface area (Å²) in [4.78, 5) is 38.1. The van der Waals surface area contributed by atoms with Gasteiger partial charge in [0.15, 0.2) is 0 Å². The van der Waals surface area contributed by atoms with Crippen LogP contribution in [0.25, 0.3) is 0 Å². The number of nitro benzene ring substituents is 1. The summed E-state index contributed by atoms with van der Waals surface area (Å²) in [6.45, 7) is 1.40. The third-order valence-electron chi connectivity index (χ3n) is 5.94. The van der Waals surface area contributed by atoms with Crippen molar-refractivity contribution >= 4 is 23.2 Å². The number of rotatable bonds is 3. The van der Waals surface area contributed by atoms with Crippen LogP contribution in [0.5, 0.6) is 0 Å². The Morgan fingerprint density at radius 2 is 1.52 bits per heavy atom. The number of imide groups is 1. The molecule has 3 fully saturated rings. The standard InChI is InChI=1S/C20H17FN4O4/c21-13-4-2-12(3-5-13)17-16-18(23-11-1-10-22(17)23)20(27)24(19(16)26)14-6-8-15(9-7-14)25(28)29/h2-9,16-18H,1,10-11H2/t16-,17+,18-/m1/s1. The summed E-state index contributed by atoms with van der Waals surface area (Å²) < 4.78 is 13.4. The zero-order chi connectivity index (χ0) is 20.3. The predicted octanol–water partition coefficient (Wildman–Crippen LogP) is 2.27. The van der Waals surface area contributed by atoms with Crippen molar-refractivity contribution in [1.82, 2.24) is 10.0 Å². The van der Waals surface area contributed by atoms with Crippen molar-refractivity contribution in [3.05, 3.63) is 70.0 Å². The van der Waals surface area contributed by atoms with Crippen LogP contribution < -0.4 is 4.90 Å². The molecule has 0 aliphatic carbocycles. The molecular formula is C20H17FN4O4. The Bertz CT molecular complexity index is 1010. The van der Waals surface area contributed by atoms with Gasteiger partial charge in [-0.05, 0) is 36.2 Å². The maximum atomic E-state index is 13.4. The van der Waals surface area contributed by atoms with Crippen LogP contribution in [0.1, 0.15) is 18.0 Å². The molecule has 3 atom stereocenters. The fourth-order valence-corrected chi connectivity index (χ4v) is 4.75. The van der Waals surface area contributed by atoms with Crippen molar-refractivity contribution in [3.8, 4) is 0 Å². The highest BCUT2D eigenvalue weighted by Gasteiger charge is 2.62. The van der Waals surface area contributed by atoms with Gasteiger partial charge in [0.2, 0.25) is 5.91 Å². The molecule has 148 valence electrons. The largest absolute Gasteiger partial charge is 0.274 e. The second kappa shape index (κ2) is 6.43. The lowest BCUT2D eigenvalue weighted by atomic mass is 9.90. The molecule has 2 aromatic rings. The minimum atomic E-state index is -0.616. The van der Waals surface area contributed by atoms with Gasteiger partial charge in [0.05, 0.1) is 22.6 Å². The second-order valence-corrected chi connectivity index (χ2v) is 7.43. The molecule has 5 rings (SSSR count). The molecule has 0 radical (unpaired) electrons. The molecule has 0 spiro atoms. The molecule has 3 aliphatic rings. The van der Waals surface area contributed by atoms with Gasteiger partial charge in [0.25, 0.3) is 11.6 Å². The first-order valence-corrected chi connectivity index (χ1v) is 9.38. The monoisotopic (exact) mass is 396 g/mol. The van der Waals surface area contributed by atoms with Crippen LogP contribution in [0.15, 0.2) is 48.5 Å². The Kier molecular flexibility index (Phi) is 3.97. The van der Waals surface area contributed by atoms with Crippen LogP contribution in [0, 0.1) is 21.8 Å². The van der Waals surface area contributed by atoms with Gasteiger partial charge in [-0.3, -0.25) is 19.7 Å². The van der Waals surface area contributed by atoms with Gasteiger partial charge in [-0.25, -0.2) is 19.3 Å². The summed E-state index contributed by atoms with van der Waals surface area (Å²) >= 11 is 0. The summed E-state index contributed by atoms with van der Waals surface area (Å²) in [5.74, 6) is -1.63. The predicted molar refractivity (Wildman–Crippen MR) is 100 cm³/mol. The average Bonchev–Trinajstić information content (AvgIpc) is 3.35. The minimum Gasteiger partial charge on any atom is -0.274 e. The number of anilines is 1. The normalized spacial score (nSPS) is 26.8. The molecule has 9 heteroatoms. The molecule has 2 aromatic carbocycles. The third-order valence-corrected chi connectivity index (χ3v) is 5.94. The summed E-state index contributed by atoms with van der Waals surface area (Å²) in [6, 6.07) is 10.5. The molecule has 2 amide bonds. The molecule has 0 saturated carbocycles. The number of halogens is 1. The van der Waals surface area contributed by atoms with Crippen LogP contribution in [0.2, 0.25) is 0 Å². The maximum absolute atomic E-state index is 13.4. The lowest BCUT2D eigenvalue weighted by Crippen LogP contribution is -2.44. The molecular weight excluding hydrogens is 379 g/mol. The highest BCUT2D eigenvalue weighted by Crippen LogP contribution is 2.48. The molecule has 3 heterocycles. The Labute approximate surface area is 165 Å². The van der Waals surface area contributed by atoms with Gasteiger partial charge in [-0.15, -0.1) is 0 Å². The first-order valence-electron chi connectivity index (χ1n) is 9.38. The van der Waals surface area contributed by atoms with Gasteiger partial charge in [-0.1, -0.05) is 12.1 Å². The van der Waals surface area contributed by atoms with Crippen LogP contribution in [0.4, 0.5) is 15.8 Å². The van der Waals surface area contributed by atoms with Gasteiger partial charge in [0, 0.05) is 25.2 Å². The van der Waals surface area contributed by atoms with E-state index in [1.54, 1.807) is 12.1 Å². The number of carbonyl (C=O) groups is 2. The van der Waals surface area contributed by atoms with E-state index >= 15 is 0 Å². The molecule has 3 saturated heterocycles. The van der Waals surface area contributed by atoms with Crippen molar-refractivity contribution in [2.75, 3.05) is 18.0 Å². The maximum Gasteiger partial charge on any atom is 0.269 e. The number of hydrogen-bond donors (Lipinski definition) is 0. The quantitative estimate of drug-likeness (QED) is 0.449. The molecule has 29 heavy (non-hydrogen) atoms. The van der Waals surface area contributed by atoms with E-state index in [0.29, 0.717) is 12.2 Å². The zero-order valence-electron chi connectivity index (χ0n) is 15.3. The third kappa shape index (κ3) is 2.58. The fourth-order valence-electron chi connectivity index (χ4n) is 4.75. The fraction of sp³-hybridized carbons (Fsp3) is 0.300. The topological polar surface area (TPSA) is 87.0 Å². The van der Waals surface area contributed by atoms with Crippen molar-refractivity contribution in [1.29, 1.82) is 0 Å². The summed E-state index contributed by atoms with van der Waals surface area (Å²) in [7, 11) is 0. The first-order chi connectivity index (χ1) is 14.0. The molecule has 0 aromatic heterocycles. The minimum absolute atomic E-state index is 0.108. The van der Waals surface area contributed by atoms with Crippen molar-refractivity contribution < 1.29 is 18.9 Å². The number of nitro groups is 1. The van der Waals surface area contributed by atoms with E-state index in [9.17, 15) is 24.1 Å². The number of fused-ring (bicyclic) bond motifs is 3. The Morgan fingerprint density at radius 3 is 2.14 bits per heavy atom. The van der Waals surface area contributed by atoms with Gasteiger partial charge in [0.1, 0.15) is 11.9 Å². The number of carbonyl (C=O) groups excluding carboxylic acids is 2. The first kappa shape index (κ1) is 17.9. The van der Waals surface area contributed by atoms with Crippen LogP contribution in [-0.4, -0.2) is 45.9 Å². The molecule has 3 aliphatic heterocycles. The summed E-state index contributed by atoms with van der Waals surface area (Å²) in [5.41, 5.74) is 1.00. The molecule has 0 N–H and O–H groups in total. The second-order valence-electron chi connectivity index (χ2n) is 7.43. The van der Waals surface area contributed by atoms with E-state index in [4.69, 9.17) is 0 Å². The number of nitrogens with zero attached hydrogens (tertiary/aromatic N) is 4. The van der Waals surface area contributed by atoms with Crippen LogP contribution in [-0.2, 0) is 9.59 Å². The van der Waals surface area contributed by atoms with Gasteiger partial charge >= 0.3 is 0 Å². The number of amides is 2. The highest BCUT2D eigenvalue weighted by atomic mass is 19.1. The smallest absolute Gasteiger partial charge is 0.269 e. The number of hydrogen-bond acceptors (Lipinski definition) is 6. The van der Waals surface area contributed by atoms with Crippen molar-refractivity contribution in [2.45, 2.75) is 18.5 Å². The van der Waals surface area contributed by atoms with Crippen LogP contribution >= 0.6 is 0 Å².